The molecule has 0 aromatic heterocycles. The van der Waals surface area contributed by atoms with Crippen molar-refractivity contribution in [1.82, 2.24) is 0 Å². The van der Waals surface area contributed by atoms with Gasteiger partial charge in [-0.25, -0.2) is 13.2 Å². The van der Waals surface area contributed by atoms with Gasteiger partial charge in [-0.15, -0.1) is 0 Å². The first kappa shape index (κ1) is 13.9. The van der Waals surface area contributed by atoms with Crippen molar-refractivity contribution >= 4 is 5.91 Å². The molecule has 20 heavy (non-hydrogen) atoms. The van der Waals surface area contributed by atoms with Crippen LogP contribution in [0.2, 0.25) is 0 Å². The molecule has 0 heterocycles. The molecule has 0 bridgehead atoms. The molecule has 1 amide bonds. The summed E-state index contributed by atoms with van der Waals surface area (Å²) < 4.78 is 45.0. The Kier molecular flexibility index (Phi) is 3.93. The number of primary amides is 1. The molecule has 6 heteroatoms. The minimum Gasteiger partial charge on any atom is -0.488 e. The van der Waals surface area contributed by atoms with Crippen molar-refractivity contribution in [2.24, 2.45) is 5.73 Å². The van der Waals surface area contributed by atoms with E-state index in [9.17, 15) is 18.0 Å². The van der Waals surface area contributed by atoms with E-state index in [1.165, 1.54) is 12.1 Å². The quantitative estimate of drug-likeness (QED) is 0.936. The highest BCUT2D eigenvalue weighted by molar-refractivity contribution is 5.95. The maximum atomic E-state index is 13.4. The SMILES string of the molecule is NC(=O)c1cc(F)ccc1OCc1c(F)cccc1F. The van der Waals surface area contributed by atoms with Crippen LogP contribution in [0.5, 0.6) is 5.75 Å². The van der Waals surface area contributed by atoms with Gasteiger partial charge in [-0.3, -0.25) is 4.79 Å². The fraction of sp³-hybridized carbons (Fsp3) is 0.0714. The minimum atomic E-state index is -0.895. The summed E-state index contributed by atoms with van der Waals surface area (Å²) in [5, 5.41) is 0. The van der Waals surface area contributed by atoms with E-state index in [1.807, 2.05) is 0 Å². The third kappa shape index (κ3) is 2.90. The summed E-state index contributed by atoms with van der Waals surface area (Å²) in [6.45, 7) is -0.440. The number of amides is 1. The molecule has 0 spiro atoms. The predicted molar refractivity (Wildman–Crippen MR) is 65.6 cm³/mol. The Balaban J connectivity index is 2.25. The van der Waals surface area contributed by atoms with Gasteiger partial charge in [0, 0.05) is 0 Å². The summed E-state index contributed by atoms with van der Waals surface area (Å²) in [5.74, 6) is -3.14. The zero-order valence-electron chi connectivity index (χ0n) is 10.2. The van der Waals surface area contributed by atoms with Crippen molar-refractivity contribution in [3.63, 3.8) is 0 Å². The molecule has 3 nitrogen and oxygen atoms in total. The van der Waals surface area contributed by atoms with Gasteiger partial charge in [0.25, 0.3) is 5.91 Å². The van der Waals surface area contributed by atoms with Crippen LogP contribution in [0.15, 0.2) is 36.4 Å². The van der Waals surface area contributed by atoms with Gasteiger partial charge in [0.2, 0.25) is 0 Å². The van der Waals surface area contributed by atoms with Crippen molar-refractivity contribution in [2.75, 3.05) is 0 Å². The Morgan fingerprint density at radius 3 is 2.35 bits per heavy atom. The lowest BCUT2D eigenvalue weighted by Gasteiger charge is -2.10. The number of carbonyl (C=O) groups is 1. The van der Waals surface area contributed by atoms with E-state index in [0.717, 1.165) is 24.3 Å². The van der Waals surface area contributed by atoms with Crippen LogP contribution in [0.4, 0.5) is 13.2 Å². The molecule has 0 unspecified atom stereocenters. The first-order valence-electron chi connectivity index (χ1n) is 5.64. The van der Waals surface area contributed by atoms with Gasteiger partial charge in [-0.2, -0.15) is 0 Å². The van der Waals surface area contributed by atoms with Crippen LogP contribution in [0.3, 0.4) is 0 Å². The lowest BCUT2D eigenvalue weighted by atomic mass is 10.1. The molecule has 2 aromatic rings. The largest absolute Gasteiger partial charge is 0.488 e. The van der Waals surface area contributed by atoms with Crippen molar-refractivity contribution in [2.45, 2.75) is 6.61 Å². The van der Waals surface area contributed by atoms with Gasteiger partial charge >= 0.3 is 0 Å². The van der Waals surface area contributed by atoms with Crippen molar-refractivity contribution in [3.8, 4) is 5.75 Å². The number of hydrogen-bond acceptors (Lipinski definition) is 2. The smallest absolute Gasteiger partial charge is 0.252 e. The fourth-order valence-corrected chi connectivity index (χ4v) is 1.64. The van der Waals surface area contributed by atoms with Gasteiger partial charge in [0.1, 0.15) is 29.8 Å². The molecule has 0 saturated carbocycles. The normalized spacial score (nSPS) is 10.3. The maximum Gasteiger partial charge on any atom is 0.252 e. The molecule has 0 saturated heterocycles. The van der Waals surface area contributed by atoms with Crippen molar-refractivity contribution < 1.29 is 22.7 Å². The summed E-state index contributed by atoms with van der Waals surface area (Å²) in [6.07, 6.45) is 0. The van der Waals surface area contributed by atoms with E-state index in [0.29, 0.717) is 0 Å². The Bertz CT molecular complexity index is 639. The summed E-state index contributed by atoms with van der Waals surface area (Å²) in [7, 11) is 0. The van der Waals surface area contributed by atoms with Gasteiger partial charge < -0.3 is 10.5 Å². The Morgan fingerprint density at radius 1 is 1.10 bits per heavy atom. The molecule has 0 atom stereocenters. The van der Waals surface area contributed by atoms with E-state index in [-0.39, 0.29) is 16.9 Å². The van der Waals surface area contributed by atoms with Crippen LogP contribution in [-0.4, -0.2) is 5.91 Å². The zero-order valence-corrected chi connectivity index (χ0v) is 10.2. The number of rotatable bonds is 4. The van der Waals surface area contributed by atoms with Crippen molar-refractivity contribution in [1.29, 1.82) is 0 Å². The maximum absolute atomic E-state index is 13.4. The van der Waals surface area contributed by atoms with E-state index in [4.69, 9.17) is 10.5 Å². The topological polar surface area (TPSA) is 52.3 Å². The average molecular weight is 281 g/mol. The molecule has 0 aliphatic heterocycles. The lowest BCUT2D eigenvalue weighted by molar-refractivity contribution is 0.0995. The minimum absolute atomic E-state index is 0.0402. The van der Waals surface area contributed by atoms with Crippen LogP contribution in [0, 0.1) is 17.5 Å². The van der Waals surface area contributed by atoms with Gasteiger partial charge in [0.05, 0.1) is 11.1 Å². The Morgan fingerprint density at radius 2 is 1.75 bits per heavy atom. The Hall–Kier alpha value is -2.50. The molecule has 0 aliphatic rings. The first-order chi connectivity index (χ1) is 9.49. The molecule has 2 N–H and O–H groups in total. The lowest BCUT2D eigenvalue weighted by Crippen LogP contribution is -2.14. The van der Waals surface area contributed by atoms with Crippen LogP contribution in [0.1, 0.15) is 15.9 Å². The third-order valence-corrected chi connectivity index (χ3v) is 2.64. The zero-order chi connectivity index (χ0) is 14.7. The molecule has 2 rings (SSSR count). The van der Waals surface area contributed by atoms with Crippen molar-refractivity contribution in [3.05, 3.63) is 65.0 Å². The molecule has 0 aliphatic carbocycles. The van der Waals surface area contributed by atoms with E-state index in [2.05, 4.69) is 0 Å². The van der Waals surface area contributed by atoms with Gasteiger partial charge in [0.15, 0.2) is 0 Å². The van der Waals surface area contributed by atoms with Crippen LogP contribution in [0.25, 0.3) is 0 Å². The average Bonchev–Trinajstić information content (AvgIpc) is 2.39. The highest BCUT2D eigenvalue weighted by Crippen LogP contribution is 2.22. The number of halogens is 3. The highest BCUT2D eigenvalue weighted by Gasteiger charge is 2.13. The highest BCUT2D eigenvalue weighted by atomic mass is 19.1. The predicted octanol–water partition coefficient (Wildman–Crippen LogP) is 2.78. The standard InChI is InChI=1S/C14H10F3NO2/c15-8-4-5-13(9(6-8)14(18)19)20-7-10-11(16)2-1-3-12(10)17/h1-6H,7H2,(H2,18,19). The second-order valence-corrected chi connectivity index (χ2v) is 3.99. The molecular formula is C14H10F3NO2. The number of benzene rings is 2. The van der Waals surface area contributed by atoms with E-state index >= 15 is 0 Å². The second kappa shape index (κ2) is 5.64. The van der Waals surface area contributed by atoms with Crippen LogP contribution in [-0.2, 0) is 6.61 Å². The van der Waals surface area contributed by atoms with Crippen LogP contribution < -0.4 is 10.5 Å². The molecule has 0 radical (unpaired) electrons. The van der Waals surface area contributed by atoms with E-state index in [1.54, 1.807) is 0 Å². The number of ether oxygens (including phenoxy) is 1. The fourth-order valence-electron chi connectivity index (χ4n) is 1.64. The monoisotopic (exact) mass is 281 g/mol. The molecule has 0 fully saturated rings. The molecule has 104 valence electrons. The molecule has 2 aromatic carbocycles. The summed E-state index contributed by atoms with van der Waals surface area (Å²) in [4.78, 5) is 11.1. The van der Waals surface area contributed by atoms with E-state index < -0.39 is 30.0 Å². The Labute approximate surface area is 112 Å². The van der Waals surface area contributed by atoms with Crippen LogP contribution >= 0.6 is 0 Å². The number of hydrogen-bond donors (Lipinski definition) is 1. The third-order valence-electron chi connectivity index (χ3n) is 2.64. The summed E-state index contributed by atoms with van der Waals surface area (Å²) >= 11 is 0. The number of carbonyl (C=O) groups excluding carboxylic acids is 1. The number of nitrogens with two attached hydrogens (primary N) is 1. The van der Waals surface area contributed by atoms with Gasteiger partial charge in [-0.05, 0) is 30.3 Å². The first-order valence-corrected chi connectivity index (χ1v) is 5.64. The molecular weight excluding hydrogens is 271 g/mol. The summed E-state index contributed by atoms with van der Waals surface area (Å²) in [6, 6.07) is 6.52. The van der Waals surface area contributed by atoms with Gasteiger partial charge in [-0.1, -0.05) is 6.07 Å². The summed E-state index contributed by atoms with van der Waals surface area (Å²) in [5.41, 5.74) is 4.60. The second-order valence-electron chi connectivity index (χ2n) is 3.99.